The smallest absolute Gasteiger partial charge is 0.326 e. The van der Waals surface area contributed by atoms with Gasteiger partial charge in [0.15, 0.2) is 0 Å². The molecule has 31 heteroatoms. The fourth-order valence-electron chi connectivity index (χ4n) is 7.16. The summed E-state index contributed by atoms with van der Waals surface area (Å²) < 4.78 is 0. The van der Waals surface area contributed by atoms with E-state index in [1.165, 1.54) is 31.2 Å². The Morgan fingerprint density at radius 1 is 0.468 bits per heavy atom. The van der Waals surface area contributed by atoms with Gasteiger partial charge in [0.2, 0.25) is 59.1 Å². The average molecular weight is 1130 g/mol. The van der Waals surface area contributed by atoms with E-state index >= 15 is 0 Å². The number of hydrogen-bond donors (Lipinski definition) is 18. The van der Waals surface area contributed by atoms with Crippen molar-refractivity contribution in [3.63, 3.8) is 0 Å². The molecule has 0 saturated heterocycles. The minimum Gasteiger partial charge on any atom is -0.508 e. The zero-order valence-corrected chi connectivity index (χ0v) is 44.3. The molecule has 1 aromatic rings. The van der Waals surface area contributed by atoms with Gasteiger partial charge in [-0.15, -0.1) is 0 Å². The van der Waals surface area contributed by atoms with E-state index in [0.717, 1.165) is 6.92 Å². The second kappa shape index (κ2) is 35.4. The lowest BCUT2D eigenvalue weighted by Crippen LogP contribution is -2.61. The van der Waals surface area contributed by atoms with E-state index in [-0.39, 0.29) is 37.5 Å². The first-order valence-electron chi connectivity index (χ1n) is 25.2. The number of carboxylic acid groups (broad SMARTS) is 3. The van der Waals surface area contributed by atoms with E-state index < -0.39 is 189 Å². The lowest BCUT2D eigenvalue weighted by Gasteiger charge is -2.28. The molecule has 21 N–H and O–H groups in total. The van der Waals surface area contributed by atoms with Crippen molar-refractivity contribution in [2.45, 2.75) is 159 Å². The number of phenolic OH excluding ortho intramolecular Hbond substituents is 1. The molecule has 0 saturated carbocycles. The molecule has 0 radical (unpaired) electrons. The van der Waals surface area contributed by atoms with Crippen LogP contribution >= 0.6 is 0 Å². The molecule has 0 spiro atoms. The topological polar surface area (TPSA) is 530 Å². The van der Waals surface area contributed by atoms with Gasteiger partial charge in [0, 0.05) is 25.7 Å². The summed E-state index contributed by atoms with van der Waals surface area (Å²) in [6.07, 6.45) is -3.13. The molecule has 79 heavy (non-hydrogen) atoms. The van der Waals surface area contributed by atoms with Crippen molar-refractivity contribution in [2.75, 3.05) is 19.8 Å². The van der Waals surface area contributed by atoms with Crippen molar-refractivity contribution < 1.29 is 93.0 Å². The van der Waals surface area contributed by atoms with Crippen LogP contribution in [0, 0.1) is 5.92 Å². The predicted octanol–water partition coefficient (Wildman–Crippen LogP) is -6.10. The summed E-state index contributed by atoms with van der Waals surface area (Å²) in [5, 5.41) is 79.0. The van der Waals surface area contributed by atoms with Gasteiger partial charge in [-0.1, -0.05) is 26.0 Å². The number of aliphatic hydroxyl groups excluding tert-OH is 2. The Labute approximate surface area is 454 Å². The van der Waals surface area contributed by atoms with Gasteiger partial charge < -0.3 is 95.7 Å². The van der Waals surface area contributed by atoms with Crippen molar-refractivity contribution in [3.8, 4) is 5.75 Å². The molecule has 10 atom stereocenters. The molecule has 0 aliphatic carbocycles. The van der Waals surface area contributed by atoms with Crippen molar-refractivity contribution in [1.29, 1.82) is 0 Å². The van der Waals surface area contributed by atoms with Crippen LogP contribution in [0.3, 0.4) is 0 Å². The number of aliphatic hydroxyl groups is 2. The molecule has 1 aromatic carbocycles. The van der Waals surface area contributed by atoms with Crippen LogP contribution in [0.2, 0.25) is 0 Å². The molecule has 0 bridgehead atoms. The molecule has 0 aliphatic heterocycles. The van der Waals surface area contributed by atoms with E-state index in [1.807, 2.05) is 0 Å². The SMILES string of the molecule is CC(C)C[C@H](NC(=O)[C@H](CO)NC(=O)[C@H](CCC(=O)O)NC(=O)[C@H](C)NC(=O)[C@H](CCC(=O)O)NC(=O)[C@H](C)N)C(=O)N[C@@H](Cc1ccc(O)cc1)C(=O)N[C@@H](CCC(N)=O)C(=O)N[C@@H](CO)C(=O)N[C@@H](CCCCN)C(=O)O. The maximum absolute atomic E-state index is 14.2. The summed E-state index contributed by atoms with van der Waals surface area (Å²) >= 11 is 0. The van der Waals surface area contributed by atoms with Crippen LogP contribution in [-0.4, -0.2) is 188 Å². The first-order valence-corrected chi connectivity index (χ1v) is 25.2. The van der Waals surface area contributed by atoms with E-state index in [0.29, 0.717) is 18.4 Å². The molecule has 0 aromatic heterocycles. The number of carbonyl (C=O) groups excluding carboxylic acids is 10. The van der Waals surface area contributed by atoms with Crippen LogP contribution in [-0.2, 0) is 68.7 Å². The van der Waals surface area contributed by atoms with Gasteiger partial charge in [0.05, 0.1) is 19.3 Å². The monoisotopic (exact) mass is 1120 g/mol. The highest BCUT2D eigenvalue weighted by molar-refractivity contribution is 5.99. The van der Waals surface area contributed by atoms with Crippen molar-refractivity contribution >= 4 is 77.0 Å². The fourth-order valence-corrected chi connectivity index (χ4v) is 7.16. The van der Waals surface area contributed by atoms with E-state index in [4.69, 9.17) is 22.3 Å². The van der Waals surface area contributed by atoms with Crippen LogP contribution < -0.4 is 65.1 Å². The normalized spacial score (nSPS) is 14.8. The molecular formula is C48H76N12O19. The van der Waals surface area contributed by atoms with E-state index in [1.54, 1.807) is 13.8 Å². The summed E-state index contributed by atoms with van der Waals surface area (Å²) in [5.74, 6) is -15.3. The number of amides is 10. The number of aliphatic carboxylic acids is 3. The van der Waals surface area contributed by atoms with Crippen LogP contribution in [0.1, 0.15) is 97.5 Å². The zero-order chi connectivity index (χ0) is 60.1. The number of benzene rings is 1. The highest BCUT2D eigenvalue weighted by Crippen LogP contribution is 2.14. The molecule has 0 aliphatic rings. The Kier molecular flexibility index (Phi) is 30.9. The Morgan fingerprint density at radius 3 is 1.28 bits per heavy atom. The third kappa shape index (κ3) is 26.7. The Hall–Kier alpha value is -8.03. The summed E-state index contributed by atoms with van der Waals surface area (Å²) in [6.45, 7) is 3.81. The zero-order valence-electron chi connectivity index (χ0n) is 44.3. The number of aromatic hydroxyl groups is 1. The number of primary amides is 1. The summed E-state index contributed by atoms with van der Waals surface area (Å²) in [5.41, 5.74) is 16.7. The molecule has 0 fully saturated rings. The molecule has 0 heterocycles. The van der Waals surface area contributed by atoms with Gasteiger partial charge in [0.25, 0.3) is 0 Å². The van der Waals surface area contributed by atoms with E-state index in [9.17, 15) is 87.9 Å². The second-order valence-electron chi connectivity index (χ2n) is 18.9. The Morgan fingerprint density at radius 2 is 0.848 bits per heavy atom. The number of unbranched alkanes of at least 4 members (excludes halogenated alkanes) is 1. The number of carbonyl (C=O) groups is 13. The molecule has 442 valence electrons. The van der Waals surface area contributed by atoms with Crippen molar-refractivity contribution in [1.82, 2.24) is 47.9 Å². The summed E-state index contributed by atoms with van der Waals surface area (Å²) in [7, 11) is 0. The van der Waals surface area contributed by atoms with Gasteiger partial charge in [-0.3, -0.25) is 57.5 Å². The average Bonchev–Trinajstić information content (AvgIpc) is 3.37. The van der Waals surface area contributed by atoms with Crippen molar-refractivity contribution in [2.24, 2.45) is 23.1 Å². The lowest BCUT2D eigenvalue weighted by molar-refractivity contribution is -0.143. The molecule has 31 nitrogen and oxygen atoms in total. The first kappa shape index (κ1) is 69.0. The molecular weight excluding hydrogens is 1050 g/mol. The van der Waals surface area contributed by atoms with Gasteiger partial charge in [-0.2, -0.15) is 0 Å². The Bertz CT molecular complexity index is 2290. The number of hydrogen-bond acceptors (Lipinski definition) is 18. The number of nitrogens with two attached hydrogens (primary N) is 3. The van der Waals surface area contributed by atoms with Gasteiger partial charge in [-0.05, 0) is 89.0 Å². The standard InChI is InChI=1S/C48H76N12O19/c1-23(2)19-32(57-47(77)35(22-62)60-43(73)30(14-17-38(67)68)54-40(70)25(4)52-41(71)29(13-16-37(65)66)53-39(69)24(3)50)44(74)58-33(20-26-8-10-27(63)11-9-26)45(75)55-28(12-15-36(51)64)42(72)59-34(21-61)46(76)56-31(48(78)79)7-5-6-18-49/h8-11,23-25,28-35,61-63H,5-7,12-22,49-50H2,1-4H3,(H2,51,64)(H,52,71)(H,53,69)(H,54,70)(H,55,75)(H,56,76)(H,57,77)(H,58,74)(H,59,72)(H,60,73)(H,65,66)(H,67,68)(H,78,79)/t24-,25-,28-,29-,30-,31-,32-,33-,34-,35-/m0/s1. The van der Waals surface area contributed by atoms with Crippen molar-refractivity contribution in [3.05, 3.63) is 29.8 Å². The number of phenols is 1. The minimum absolute atomic E-state index is 0.0394. The second-order valence-corrected chi connectivity index (χ2v) is 18.9. The maximum Gasteiger partial charge on any atom is 0.326 e. The van der Waals surface area contributed by atoms with Crippen LogP contribution in [0.25, 0.3) is 0 Å². The lowest BCUT2D eigenvalue weighted by atomic mass is 10.00. The largest absolute Gasteiger partial charge is 0.508 e. The van der Waals surface area contributed by atoms with Gasteiger partial charge in [0.1, 0.15) is 60.1 Å². The number of rotatable bonds is 38. The van der Waals surface area contributed by atoms with Gasteiger partial charge in [-0.25, -0.2) is 4.79 Å². The summed E-state index contributed by atoms with van der Waals surface area (Å²) in [6, 6.07) is -10.5. The molecule has 10 amide bonds. The van der Waals surface area contributed by atoms with Crippen LogP contribution in [0.5, 0.6) is 5.75 Å². The highest BCUT2D eigenvalue weighted by Gasteiger charge is 2.35. The number of nitrogens with one attached hydrogen (secondary N) is 9. The fraction of sp³-hybridized carbons (Fsp3) is 0.604. The quantitative estimate of drug-likeness (QED) is 0.0274. The maximum atomic E-state index is 14.2. The Balaban J connectivity index is 3.48. The van der Waals surface area contributed by atoms with Crippen LogP contribution in [0.15, 0.2) is 24.3 Å². The van der Waals surface area contributed by atoms with Crippen LogP contribution in [0.4, 0.5) is 0 Å². The summed E-state index contributed by atoms with van der Waals surface area (Å²) in [4.78, 5) is 168. The molecule has 0 unspecified atom stereocenters. The minimum atomic E-state index is -1.89. The highest BCUT2D eigenvalue weighted by atomic mass is 16.4. The third-order valence-electron chi connectivity index (χ3n) is 11.6. The van der Waals surface area contributed by atoms with E-state index in [2.05, 4.69) is 47.9 Å². The molecule has 1 rings (SSSR count). The third-order valence-corrected chi connectivity index (χ3v) is 11.6. The first-order chi connectivity index (χ1) is 37.0. The van der Waals surface area contributed by atoms with Gasteiger partial charge >= 0.3 is 17.9 Å². The number of carboxylic acids is 3. The predicted molar refractivity (Wildman–Crippen MR) is 275 cm³/mol.